The summed E-state index contributed by atoms with van der Waals surface area (Å²) < 4.78 is 395. The van der Waals surface area contributed by atoms with Gasteiger partial charge in [-0.25, -0.2) is 0 Å². The van der Waals surface area contributed by atoms with Crippen LogP contribution in [-0.2, 0) is 55.6 Å². The summed E-state index contributed by atoms with van der Waals surface area (Å²) in [6, 6.07) is 27.4. The molecular formula is C77H33F27N4. The SMILES string of the molecule is N#Cc1ccc(-c2ccc(-c3ccc(C(F)(F)F)cc3C#N)cc2-n2c3ccc(-c4ccc(C(F)(F)F)cc4C(F)(F)F)cc3c3cc(-c4ccc(C(F)(F)F)cc4C(F)(F)F)ccc32)c(-n2c3ccc(-c4ccc(C(F)(F)F)cc4C(F)(F)F)cc3c3cc(-c4ccc(C(F)(F)F)cc4C(F)(F)F)ccc32)c1. The molecule has 0 unspecified atom stereocenters. The van der Waals surface area contributed by atoms with Gasteiger partial charge in [-0.3, -0.25) is 0 Å². The van der Waals surface area contributed by atoms with E-state index in [1.165, 1.54) is 45.5 Å². The van der Waals surface area contributed by atoms with Gasteiger partial charge in [-0.15, -0.1) is 0 Å². The van der Waals surface area contributed by atoms with Crippen LogP contribution in [0.2, 0.25) is 0 Å². The number of hydrogen-bond donors (Lipinski definition) is 0. The minimum Gasteiger partial charge on any atom is -0.309 e. The van der Waals surface area contributed by atoms with Gasteiger partial charge in [-0.05, 0) is 183 Å². The van der Waals surface area contributed by atoms with Crippen LogP contribution in [-0.4, -0.2) is 9.13 Å². The van der Waals surface area contributed by atoms with E-state index in [0.29, 0.717) is 60.7 Å². The van der Waals surface area contributed by atoms with Crippen molar-refractivity contribution < 1.29 is 119 Å². The topological polar surface area (TPSA) is 57.4 Å². The van der Waals surface area contributed by atoms with Gasteiger partial charge in [0, 0.05) is 32.7 Å². The van der Waals surface area contributed by atoms with Gasteiger partial charge in [-0.2, -0.15) is 129 Å². The van der Waals surface area contributed by atoms with Crippen LogP contribution < -0.4 is 0 Å². The van der Waals surface area contributed by atoms with E-state index in [9.17, 15) is 103 Å². The number of benzene rings is 11. The first-order valence-electron chi connectivity index (χ1n) is 30.8. The number of fused-ring (bicyclic) bond motifs is 6. The average molecular weight is 1530 g/mol. The van der Waals surface area contributed by atoms with E-state index in [1.54, 1.807) is 6.07 Å². The standard InChI is InChI=1S/C77H33F27N4/c78-69(79,80)43-7-14-48(42(24-43)35-106)41-2-13-54(68(29-41)108-65-21-5-39(51-17-10-46(72(87,88)89)32-61(51)76(99,100)101)27-57(65)58-28-40(6-22-66(58)108)52-18-11-47(73(90,91)92)33-62(52)77(102,103)104)53-12-1-36(34-105)23-67(53)107-63-19-3-37(49-15-8-44(70(81,82)83)30-59(49)74(93,94)95)25-55(63)56-26-38(4-20-64(56)107)50-16-9-45(71(84,85)86)31-60(50)75(96,97)98/h1-33H. The second-order valence-corrected chi connectivity index (χ2v) is 24.6. The number of hydrogen-bond acceptors (Lipinski definition) is 2. The van der Waals surface area contributed by atoms with E-state index in [4.69, 9.17) is 0 Å². The summed E-state index contributed by atoms with van der Waals surface area (Å²) in [7, 11) is 0. The maximum atomic E-state index is 15.1. The van der Waals surface area contributed by atoms with Gasteiger partial charge >= 0.3 is 55.6 Å². The molecule has 31 heteroatoms. The van der Waals surface area contributed by atoms with Crippen molar-refractivity contribution in [2.75, 3.05) is 0 Å². The molecular weight excluding hydrogens is 1490 g/mol. The molecule has 0 aliphatic carbocycles. The molecule has 0 N–H and O–H groups in total. The van der Waals surface area contributed by atoms with E-state index in [-0.39, 0.29) is 107 Å². The first-order chi connectivity index (χ1) is 50.1. The molecule has 0 aliphatic heterocycles. The Balaban J connectivity index is 1.15. The zero-order chi connectivity index (χ0) is 78.5. The first kappa shape index (κ1) is 74.4. The summed E-state index contributed by atoms with van der Waals surface area (Å²) in [6.45, 7) is 0. The molecule has 550 valence electrons. The summed E-state index contributed by atoms with van der Waals surface area (Å²) in [4.78, 5) is 0. The average Bonchev–Trinajstić information content (AvgIpc) is 1.56. The molecule has 13 aromatic rings. The van der Waals surface area contributed by atoms with E-state index >= 15 is 26.3 Å². The van der Waals surface area contributed by atoms with Gasteiger partial charge in [0.15, 0.2) is 0 Å². The number of nitrogens with zero attached hydrogens (tertiary/aromatic N) is 4. The number of nitriles is 2. The summed E-state index contributed by atoms with van der Waals surface area (Å²) in [6.07, 6.45) is -48.6. The second kappa shape index (κ2) is 25.4. The summed E-state index contributed by atoms with van der Waals surface area (Å²) in [5, 5.41) is 20.0. The third kappa shape index (κ3) is 13.6. The fourth-order valence-electron chi connectivity index (χ4n) is 13.3. The van der Waals surface area contributed by atoms with Gasteiger partial charge in [0.2, 0.25) is 0 Å². The molecule has 2 aromatic heterocycles. The Morgan fingerprint density at radius 3 is 0.722 bits per heavy atom. The number of aromatic nitrogens is 2. The Kier molecular flexibility index (Phi) is 17.5. The van der Waals surface area contributed by atoms with Gasteiger partial charge in [-0.1, -0.05) is 72.8 Å². The zero-order valence-corrected chi connectivity index (χ0v) is 53.0. The van der Waals surface area contributed by atoms with Crippen LogP contribution in [0.25, 0.3) is 122 Å². The van der Waals surface area contributed by atoms with Gasteiger partial charge in [0.1, 0.15) is 0 Å². The van der Waals surface area contributed by atoms with E-state index in [0.717, 1.165) is 78.9 Å². The van der Waals surface area contributed by atoms with Crippen LogP contribution in [0.4, 0.5) is 119 Å². The van der Waals surface area contributed by atoms with Crippen molar-refractivity contribution in [2.45, 2.75) is 55.6 Å². The molecule has 2 heterocycles. The summed E-state index contributed by atoms with van der Waals surface area (Å²) >= 11 is 0. The van der Waals surface area contributed by atoms with Gasteiger partial charge in [0.25, 0.3) is 0 Å². The van der Waals surface area contributed by atoms with E-state index in [1.807, 2.05) is 6.07 Å². The smallest absolute Gasteiger partial charge is 0.309 e. The van der Waals surface area contributed by atoms with Crippen molar-refractivity contribution in [1.29, 1.82) is 10.5 Å². The third-order valence-corrected chi connectivity index (χ3v) is 18.1. The second-order valence-electron chi connectivity index (χ2n) is 24.6. The van der Waals surface area contributed by atoms with Crippen LogP contribution >= 0.6 is 0 Å². The maximum absolute atomic E-state index is 15.1. The van der Waals surface area contributed by atoms with Crippen LogP contribution in [0.1, 0.15) is 61.2 Å². The normalized spacial score (nSPS) is 13.1. The predicted molar refractivity (Wildman–Crippen MR) is 342 cm³/mol. The predicted octanol–water partition coefficient (Wildman–Crippen LogP) is 26.8. The fourth-order valence-corrected chi connectivity index (χ4v) is 13.3. The minimum atomic E-state index is -5.55. The first-order valence-corrected chi connectivity index (χ1v) is 30.8. The Morgan fingerprint density at radius 2 is 0.454 bits per heavy atom. The van der Waals surface area contributed by atoms with Crippen molar-refractivity contribution >= 4 is 43.6 Å². The van der Waals surface area contributed by atoms with Crippen molar-refractivity contribution in [3.8, 4) is 90.3 Å². The Morgan fingerprint density at radius 1 is 0.213 bits per heavy atom. The zero-order valence-electron chi connectivity index (χ0n) is 53.0. The molecule has 0 radical (unpaired) electrons. The molecule has 0 saturated heterocycles. The highest BCUT2D eigenvalue weighted by molar-refractivity contribution is 6.14. The quantitative estimate of drug-likeness (QED) is 0.142. The van der Waals surface area contributed by atoms with E-state index in [2.05, 4.69) is 0 Å². The highest BCUT2D eigenvalue weighted by Crippen LogP contribution is 2.52. The molecule has 4 nitrogen and oxygen atoms in total. The molecule has 13 rings (SSSR count). The fraction of sp³-hybridized carbons (Fsp3) is 0.117. The van der Waals surface area contributed by atoms with Crippen molar-refractivity contribution in [3.63, 3.8) is 0 Å². The molecule has 11 aromatic carbocycles. The maximum Gasteiger partial charge on any atom is 0.417 e. The Bertz CT molecular complexity index is 5680. The van der Waals surface area contributed by atoms with Crippen LogP contribution in [0, 0.1) is 22.7 Å². The largest absolute Gasteiger partial charge is 0.417 e. The Hall–Kier alpha value is -11.9. The van der Waals surface area contributed by atoms with Gasteiger partial charge < -0.3 is 9.13 Å². The van der Waals surface area contributed by atoms with Crippen LogP contribution in [0.3, 0.4) is 0 Å². The van der Waals surface area contributed by atoms with Crippen LogP contribution in [0.5, 0.6) is 0 Å². The minimum absolute atomic E-state index is 0.137. The lowest BCUT2D eigenvalue weighted by molar-refractivity contribution is -0.144. The molecule has 0 saturated carbocycles. The van der Waals surface area contributed by atoms with Crippen molar-refractivity contribution in [3.05, 3.63) is 261 Å². The van der Waals surface area contributed by atoms with Gasteiger partial charge in [0.05, 0.1) is 107 Å². The highest BCUT2D eigenvalue weighted by Gasteiger charge is 2.44. The number of halogens is 27. The molecule has 0 aliphatic rings. The lowest BCUT2D eigenvalue weighted by Gasteiger charge is -2.21. The third-order valence-electron chi connectivity index (χ3n) is 18.1. The van der Waals surface area contributed by atoms with E-state index < -0.39 is 156 Å². The van der Waals surface area contributed by atoms with Crippen molar-refractivity contribution in [2.24, 2.45) is 0 Å². The number of rotatable bonds is 8. The molecule has 0 amide bonds. The summed E-state index contributed by atoms with van der Waals surface area (Å²) in [5.41, 5.74) is -24.3. The number of alkyl halides is 27. The lowest BCUT2D eigenvalue weighted by Crippen LogP contribution is -2.12. The van der Waals surface area contributed by atoms with Crippen LogP contribution in [0.15, 0.2) is 200 Å². The Labute approximate surface area is 587 Å². The molecule has 0 atom stereocenters. The molecule has 108 heavy (non-hydrogen) atoms. The monoisotopic (exact) mass is 1530 g/mol. The highest BCUT2D eigenvalue weighted by atomic mass is 19.4. The molecule has 0 spiro atoms. The molecule has 0 bridgehead atoms. The summed E-state index contributed by atoms with van der Waals surface area (Å²) in [5.74, 6) is 0. The lowest BCUT2D eigenvalue weighted by atomic mass is 9.93. The van der Waals surface area contributed by atoms with Crippen molar-refractivity contribution in [1.82, 2.24) is 9.13 Å². The molecule has 0 fully saturated rings.